The van der Waals surface area contributed by atoms with Crippen LogP contribution in [0, 0.1) is 13.8 Å². The van der Waals surface area contributed by atoms with E-state index in [0.717, 1.165) is 5.69 Å². The molecule has 4 N–H and O–H groups in total. The van der Waals surface area contributed by atoms with E-state index in [-0.39, 0.29) is 18.4 Å². The number of carbonyl (C=O) groups excluding carboxylic acids is 2. The van der Waals surface area contributed by atoms with Crippen molar-refractivity contribution in [2.45, 2.75) is 33.4 Å². The lowest BCUT2D eigenvalue weighted by molar-refractivity contribution is -0.128. The number of anilines is 1. The summed E-state index contributed by atoms with van der Waals surface area (Å²) < 4.78 is 1.52. The molecule has 1 rings (SSSR count). The van der Waals surface area contributed by atoms with Crippen molar-refractivity contribution in [1.29, 1.82) is 0 Å². The fourth-order valence-electron chi connectivity index (χ4n) is 1.57. The molecule has 0 spiro atoms. The van der Waals surface area contributed by atoms with E-state index in [4.69, 9.17) is 5.73 Å². The molecule has 1 heterocycles. The minimum absolute atomic E-state index is 0.0468. The molecule has 0 saturated heterocycles. The predicted octanol–water partition coefficient (Wildman–Crippen LogP) is -0.667. The van der Waals surface area contributed by atoms with Crippen molar-refractivity contribution >= 4 is 17.5 Å². The molecule has 0 fully saturated rings. The van der Waals surface area contributed by atoms with Crippen molar-refractivity contribution < 1.29 is 9.59 Å². The van der Waals surface area contributed by atoms with Crippen LogP contribution in [0.5, 0.6) is 0 Å². The number of nitrogens with one attached hydrogen (secondary N) is 2. The second-order valence-electron chi connectivity index (χ2n) is 4.15. The number of nitrogens with two attached hydrogens (primary N) is 1. The summed E-state index contributed by atoms with van der Waals surface area (Å²) in [6, 6.07) is -0.572. The zero-order valence-electron chi connectivity index (χ0n) is 11.1. The molecule has 100 valence electrons. The Morgan fingerprint density at radius 2 is 2.06 bits per heavy atom. The van der Waals surface area contributed by atoms with Gasteiger partial charge in [-0.05, 0) is 20.8 Å². The first kappa shape index (κ1) is 14.0. The van der Waals surface area contributed by atoms with Gasteiger partial charge in [0, 0.05) is 7.05 Å². The predicted molar refractivity (Wildman–Crippen MR) is 67.8 cm³/mol. The lowest BCUT2D eigenvalue weighted by Gasteiger charge is -2.12. The molecule has 2 amide bonds. The smallest absolute Gasteiger partial charge is 0.242 e. The van der Waals surface area contributed by atoms with Crippen molar-refractivity contribution in [3.63, 3.8) is 0 Å². The molecule has 1 aromatic heterocycles. The third-order valence-electron chi connectivity index (χ3n) is 2.75. The monoisotopic (exact) mass is 253 g/mol. The highest BCUT2D eigenvalue weighted by molar-refractivity contribution is 5.87. The molecule has 0 aliphatic heterocycles. The molecule has 1 unspecified atom stereocenters. The Morgan fingerprint density at radius 1 is 1.44 bits per heavy atom. The molecule has 1 atom stereocenters. The first-order chi connectivity index (χ1) is 8.36. The second-order valence-corrected chi connectivity index (χ2v) is 4.15. The highest BCUT2D eigenvalue weighted by Gasteiger charge is 2.16. The van der Waals surface area contributed by atoms with Gasteiger partial charge in [-0.1, -0.05) is 0 Å². The minimum atomic E-state index is -0.572. The largest absolute Gasteiger partial charge is 0.396 e. The second kappa shape index (κ2) is 5.52. The maximum Gasteiger partial charge on any atom is 0.242 e. The van der Waals surface area contributed by atoms with Crippen LogP contribution in [0.4, 0.5) is 5.69 Å². The maximum absolute atomic E-state index is 11.7. The van der Waals surface area contributed by atoms with E-state index in [1.807, 2.05) is 0 Å². The summed E-state index contributed by atoms with van der Waals surface area (Å²) in [5, 5.41) is 9.20. The molecule has 0 saturated carbocycles. The summed E-state index contributed by atoms with van der Waals surface area (Å²) in [4.78, 5) is 23.0. The summed E-state index contributed by atoms with van der Waals surface area (Å²) in [5.41, 5.74) is 7.80. The summed E-state index contributed by atoms with van der Waals surface area (Å²) >= 11 is 0. The van der Waals surface area contributed by atoms with E-state index in [2.05, 4.69) is 15.7 Å². The van der Waals surface area contributed by atoms with Crippen molar-refractivity contribution in [2.75, 3.05) is 12.8 Å². The van der Waals surface area contributed by atoms with Crippen molar-refractivity contribution in [3.05, 3.63) is 11.4 Å². The van der Waals surface area contributed by atoms with Crippen LogP contribution in [0.25, 0.3) is 0 Å². The van der Waals surface area contributed by atoms with Crippen LogP contribution in [-0.4, -0.2) is 34.7 Å². The summed E-state index contributed by atoms with van der Waals surface area (Å²) in [6.45, 7) is 5.24. The number of hydrogen-bond acceptors (Lipinski definition) is 4. The summed E-state index contributed by atoms with van der Waals surface area (Å²) in [5.74, 6) is -0.520. The number of nitrogen functional groups attached to an aromatic ring is 1. The molecule has 7 nitrogen and oxygen atoms in total. The molecule has 0 radical (unpaired) electrons. The maximum atomic E-state index is 11.7. The van der Waals surface area contributed by atoms with Crippen molar-refractivity contribution in [3.8, 4) is 0 Å². The molecule has 0 aliphatic rings. The standard InChI is InChI=1S/C11H19N5O2/c1-6-10(12)8(3)16(15-6)5-9(17)14-7(2)11(18)13-4/h7H,5,12H2,1-4H3,(H,13,18)(H,14,17). The summed E-state index contributed by atoms with van der Waals surface area (Å²) in [7, 11) is 1.52. The van der Waals surface area contributed by atoms with E-state index in [0.29, 0.717) is 11.4 Å². The van der Waals surface area contributed by atoms with E-state index in [1.165, 1.54) is 11.7 Å². The topological polar surface area (TPSA) is 102 Å². The number of nitrogens with zero attached hydrogens (tertiary/aromatic N) is 2. The van der Waals surface area contributed by atoms with Gasteiger partial charge in [-0.25, -0.2) is 0 Å². The van der Waals surface area contributed by atoms with Gasteiger partial charge in [-0.3, -0.25) is 14.3 Å². The third kappa shape index (κ3) is 2.99. The van der Waals surface area contributed by atoms with Gasteiger partial charge in [0.1, 0.15) is 12.6 Å². The van der Waals surface area contributed by atoms with E-state index in [1.54, 1.807) is 20.8 Å². The molecular formula is C11H19N5O2. The Hall–Kier alpha value is -2.05. The third-order valence-corrected chi connectivity index (χ3v) is 2.75. The summed E-state index contributed by atoms with van der Waals surface area (Å²) in [6.07, 6.45) is 0. The Labute approximate surface area is 106 Å². The molecule has 0 aromatic carbocycles. The number of aryl methyl sites for hydroxylation is 1. The highest BCUT2D eigenvalue weighted by atomic mass is 16.2. The van der Waals surface area contributed by atoms with E-state index < -0.39 is 6.04 Å². The Balaban J connectivity index is 2.65. The molecular weight excluding hydrogens is 234 g/mol. The fourth-order valence-corrected chi connectivity index (χ4v) is 1.57. The molecule has 7 heteroatoms. The quantitative estimate of drug-likeness (QED) is 0.662. The van der Waals surface area contributed by atoms with Crippen molar-refractivity contribution in [2.24, 2.45) is 0 Å². The van der Waals surface area contributed by atoms with Gasteiger partial charge in [0.05, 0.1) is 17.1 Å². The van der Waals surface area contributed by atoms with Gasteiger partial charge in [-0.2, -0.15) is 5.10 Å². The van der Waals surface area contributed by atoms with E-state index >= 15 is 0 Å². The number of rotatable bonds is 4. The number of hydrogen-bond donors (Lipinski definition) is 3. The van der Waals surface area contributed by atoms with Crippen LogP contribution in [0.3, 0.4) is 0 Å². The zero-order valence-corrected chi connectivity index (χ0v) is 11.1. The van der Waals surface area contributed by atoms with Crippen molar-refractivity contribution in [1.82, 2.24) is 20.4 Å². The molecule has 1 aromatic rings. The number of likely N-dealkylation sites (N-methyl/N-ethyl adjacent to an activating group) is 1. The van der Waals surface area contributed by atoms with Gasteiger partial charge >= 0.3 is 0 Å². The lowest BCUT2D eigenvalue weighted by atomic mass is 10.3. The Kier molecular flexibility index (Phi) is 4.30. The molecule has 18 heavy (non-hydrogen) atoms. The molecule has 0 aliphatic carbocycles. The van der Waals surface area contributed by atoms with Crippen LogP contribution in [0.2, 0.25) is 0 Å². The van der Waals surface area contributed by atoms with Crippen LogP contribution in [0.15, 0.2) is 0 Å². The first-order valence-electron chi connectivity index (χ1n) is 5.67. The zero-order chi connectivity index (χ0) is 13.9. The number of carbonyl (C=O) groups is 2. The average molecular weight is 253 g/mol. The Morgan fingerprint density at radius 3 is 2.50 bits per heavy atom. The van der Waals surface area contributed by atoms with Gasteiger partial charge in [0.15, 0.2) is 0 Å². The fraction of sp³-hybridized carbons (Fsp3) is 0.545. The average Bonchev–Trinajstić information content (AvgIpc) is 2.55. The van der Waals surface area contributed by atoms with Crippen LogP contribution in [-0.2, 0) is 16.1 Å². The van der Waals surface area contributed by atoms with Crippen LogP contribution >= 0.6 is 0 Å². The SMILES string of the molecule is CNC(=O)C(C)NC(=O)Cn1nc(C)c(N)c1C. The molecule has 0 bridgehead atoms. The van der Waals surface area contributed by atoms with Gasteiger partial charge in [0.2, 0.25) is 11.8 Å². The highest BCUT2D eigenvalue weighted by Crippen LogP contribution is 2.14. The first-order valence-corrected chi connectivity index (χ1v) is 5.67. The van der Waals surface area contributed by atoms with Gasteiger partial charge < -0.3 is 16.4 Å². The van der Waals surface area contributed by atoms with Gasteiger partial charge in [0.25, 0.3) is 0 Å². The lowest BCUT2D eigenvalue weighted by Crippen LogP contribution is -2.44. The van der Waals surface area contributed by atoms with E-state index in [9.17, 15) is 9.59 Å². The minimum Gasteiger partial charge on any atom is -0.396 e. The normalized spacial score (nSPS) is 12.0. The Bertz CT molecular complexity index is 466. The number of aromatic nitrogens is 2. The van der Waals surface area contributed by atoms with Gasteiger partial charge in [-0.15, -0.1) is 0 Å². The number of amides is 2. The van der Waals surface area contributed by atoms with Crippen LogP contribution in [0.1, 0.15) is 18.3 Å². The van der Waals surface area contributed by atoms with Crippen LogP contribution < -0.4 is 16.4 Å².